The first-order valence-electron chi connectivity index (χ1n) is 9.29. The molecule has 1 fully saturated rings. The monoisotopic (exact) mass is 347 g/mol. The number of aryl methyl sites for hydroxylation is 2. The third kappa shape index (κ3) is 2.92. The second-order valence-corrected chi connectivity index (χ2v) is 7.21. The highest BCUT2D eigenvalue weighted by Crippen LogP contribution is 2.39. The van der Waals surface area contributed by atoms with Gasteiger partial charge in [0, 0.05) is 42.0 Å². The lowest BCUT2D eigenvalue weighted by molar-refractivity contribution is 0.102. The van der Waals surface area contributed by atoms with Crippen LogP contribution in [0.15, 0.2) is 36.5 Å². The van der Waals surface area contributed by atoms with Gasteiger partial charge in [-0.3, -0.25) is 9.89 Å². The molecule has 1 saturated carbocycles. The van der Waals surface area contributed by atoms with Crippen LogP contribution in [-0.4, -0.2) is 25.7 Å². The molecule has 1 aliphatic heterocycles. The van der Waals surface area contributed by atoms with Crippen molar-refractivity contribution in [2.24, 2.45) is 0 Å². The van der Waals surface area contributed by atoms with E-state index in [-0.39, 0.29) is 5.91 Å². The summed E-state index contributed by atoms with van der Waals surface area (Å²) < 4.78 is 2.24. The van der Waals surface area contributed by atoms with Gasteiger partial charge in [-0.1, -0.05) is 12.1 Å². The van der Waals surface area contributed by atoms with Gasteiger partial charge in [0.2, 0.25) is 0 Å². The van der Waals surface area contributed by atoms with Crippen molar-refractivity contribution in [3.63, 3.8) is 0 Å². The van der Waals surface area contributed by atoms with Crippen molar-refractivity contribution in [3.8, 4) is 11.3 Å². The maximum Gasteiger partial charge on any atom is 0.276 e. The highest BCUT2D eigenvalue weighted by Gasteiger charge is 2.26. The number of fused-ring (bicyclic) bond motifs is 1. The number of aromatic amines is 1. The number of nitrogens with one attached hydrogen (secondary N) is 2. The summed E-state index contributed by atoms with van der Waals surface area (Å²) in [5, 5.41) is 10.1. The highest BCUT2D eigenvalue weighted by atomic mass is 16.1. The van der Waals surface area contributed by atoms with Gasteiger partial charge in [-0.05, 0) is 43.9 Å². The lowest BCUT2D eigenvalue weighted by Crippen LogP contribution is -2.12. The minimum absolute atomic E-state index is 0.186. The van der Waals surface area contributed by atoms with Crippen molar-refractivity contribution in [2.75, 3.05) is 5.32 Å². The molecule has 6 nitrogen and oxygen atoms in total. The van der Waals surface area contributed by atoms with Crippen LogP contribution in [0.25, 0.3) is 11.3 Å². The SMILES string of the molecule is O=C(Nc1cccc(-c2cn3c(n2)CCCC3)c1)c1cc(C2CC2)[nH]n1. The average Bonchev–Trinajstić information content (AvgIpc) is 3.22. The first-order chi connectivity index (χ1) is 12.8. The number of aromatic nitrogens is 4. The van der Waals surface area contributed by atoms with E-state index in [0.717, 1.165) is 41.4 Å². The first-order valence-corrected chi connectivity index (χ1v) is 9.29. The fraction of sp³-hybridized carbons (Fsp3) is 0.350. The van der Waals surface area contributed by atoms with Crippen LogP contribution in [0.4, 0.5) is 5.69 Å². The minimum Gasteiger partial charge on any atom is -0.334 e. The van der Waals surface area contributed by atoms with Gasteiger partial charge in [-0.15, -0.1) is 0 Å². The zero-order valence-corrected chi connectivity index (χ0v) is 14.5. The predicted octanol–water partition coefficient (Wildman–Crippen LogP) is 3.74. The molecule has 5 rings (SSSR count). The molecule has 0 atom stereocenters. The number of carbonyl (C=O) groups excluding carboxylic acids is 1. The quantitative estimate of drug-likeness (QED) is 0.755. The molecule has 0 bridgehead atoms. The van der Waals surface area contributed by atoms with Crippen LogP contribution >= 0.6 is 0 Å². The Morgan fingerprint density at radius 3 is 3.00 bits per heavy atom. The van der Waals surface area contributed by atoms with Crippen LogP contribution < -0.4 is 5.32 Å². The maximum absolute atomic E-state index is 12.5. The standard InChI is InChI=1S/C20H21N5O/c26-20(17-11-16(23-24-17)13-7-8-13)21-15-5-3-4-14(10-15)18-12-25-9-2-1-6-19(25)22-18/h3-5,10-13H,1-2,6-9H2,(H,21,26)(H,23,24). The molecule has 3 aromatic rings. The normalized spacial score (nSPS) is 16.3. The Kier molecular flexibility index (Phi) is 3.62. The summed E-state index contributed by atoms with van der Waals surface area (Å²) in [5.74, 6) is 1.53. The van der Waals surface area contributed by atoms with Crippen LogP contribution in [0.5, 0.6) is 0 Å². The Balaban J connectivity index is 1.35. The number of carbonyl (C=O) groups is 1. The second kappa shape index (κ2) is 6.12. The first kappa shape index (κ1) is 15.4. The van der Waals surface area contributed by atoms with E-state index in [1.54, 1.807) is 0 Å². The van der Waals surface area contributed by atoms with E-state index in [1.807, 2.05) is 30.3 Å². The third-order valence-corrected chi connectivity index (χ3v) is 5.17. The molecular weight excluding hydrogens is 326 g/mol. The van der Waals surface area contributed by atoms with Crippen LogP contribution in [0.3, 0.4) is 0 Å². The third-order valence-electron chi connectivity index (χ3n) is 5.17. The van der Waals surface area contributed by atoms with Crippen molar-refractivity contribution >= 4 is 11.6 Å². The molecular formula is C20H21N5O. The van der Waals surface area contributed by atoms with Crippen molar-refractivity contribution < 1.29 is 4.79 Å². The molecule has 2 aromatic heterocycles. The Morgan fingerprint density at radius 1 is 1.23 bits per heavy atom. The van der Waals surface area contributed by atoms with E-state index in [0.29, 0.717) is 11.6 Å². The van der Waals surface area contributed by atoms with Crippen LogP contribution in [0, 0.1) is 0 Å². The van der Waals surface area contributed by atoms with E-state index in [4.69, 9.17) is 4.98 Å². The Labute approximate surface area is 151 Å². The number of H-pyrrole nitrogens is 1. The van der Waals surface area contributed by atoms with Gasteiger partial charge in [0.05, 0.1) is 5.69 Å². The molecule has 1 aliphatic carbocycles. The number of rotatable bonds is 4. The molecule has 0 saturated heterocycles. The summed E-state index contributed by atoms with van der Waals surface area (Å²) in [6, 6.07) is 9.71. The molecule has 1 amide bonds. The number of anilines is 1. The van der Waals surface area contributed by atoms with E-state index >= 15 is 0 Å². The van der Waals surface area contributed by atoms with Gasteiger partial charge < -0.3 is 9.88 Å². The number of amides is 1. The summed E-state index contributed by atoms with van der Waals surface area (Å²) in [5.41, 5.74) is 4.25. The smallest absolute Gasteiger partial charge is 0.276 e. The van der Waals surface area contributed by atoms with Crippen molar-refractivity contribution in [2.45, 2.75) is 44.6 Å². The molecule has 6 heteroatoms. The molecule has 0 unspecified atom stereocenters. The number of hydrogen-bond donors (Lipinski definition) is 2. The molecule has 0 spiro atoms. The summed E-state index contributed by atoms with van der Waals surface area (Å²) >= 11 is 0. The van der Waals surface area contributed by atoms with Crippen molar-refractivity contribution in [1.29, 1.82) is 0 Å². The molecule has 1 aromatic carbocycles. The average molecular weight is 347 g/mol. The van der Waals surface area contributed by atoms with E-state index in [2.05, 4.69) is 26.3 Å². The van der Waals surface area contributed by atoms with E-state index < -0.39 is 0 Å². The zero-order valence-electron chi connectivity index (χ0n) is 14.5. The van der Waals surface area contributed by atoms with Gasteiger partial charge in [0.15, 0.2) is 5.69 Å². The Hall–Kier alpha value is -2.89. The van der Waals surface area contributed by atoms with E-state index in [1.165, 1.54) is 25.7 Å². The molecule has 2 aliphatic rings. The highest BCUT2D eigenvalue weighted by molar-refractivity contribution is 6.03. The Bertz CT molecular complexity index is 943. The zero-order chi connectivity index (χ0) is 17.5. The summed E-state index contributed by atoms with van der Waals surface area (Å²) in [6.07, 6.45) is 7.94. The summed E-state index contributed by atoms with van der Waals surface area (Å²) in [7, 11) is 0. The lowest BCUT2D eigenvalue weighted by Gasteiger charge is -2.11. The van der Waals surface area contributed by atoms with Crippen LogP contribution in [-0.2, 0) is 13.0 Å². The number of imidazole rings is 1. The van der Waals surface area contributed by atoms with Crippen molar-refractivity contribution in [1.82, 2.24) is 19.7 Å². The molecule has 26 heavy (non-hydrogen) atoms. The predicted molar refractivity (Wildman–Crippen MR) is 99.1 cm³/mol. The van der Waals surface area contributed by atoms with Gasteiger partial charge in [-0.25, -0.2) is 4.98 Å². The van der Waals surface area contributed by atoms with Gasteiger partial charge in [0.25, 0.3) is 5.91 Å². The summed E-state index contributed by atoms with van der Waals surface area (Å²) in [6.45, 7) is 1.04. The van der Waals surface area contributed by atoms with E-state index in [9.17, 15) is 4.79 Å². The van der Waals surface area contributed by atoms with Crippen LogP contribution in [0.2, 0.25) is 0 Å². The number of benzene rings is 1. The van der Waals surface area contributed by atoms with Crippen LogP contribution in [0.1, 0.15) is 53.6 Å². The molecule has 0 radical (unpaired) electrons. The molecule has 132 valence electrons. The van der Waals surface area contributed by atoms with Gasteiger partial charge in [0.1, 0.15) is 5.82 Å². The van der Waals surface area contributed by atoms with Gasteiger partial charge >= 0.3 is 0 Å². The largest absolute Gasteiger partial charge is 0.334 e. The molecule has 2 N–H and O–H groups in total. The topological polar surface area (TPSA) is 75.6 Å². The fourth-order valence-corrected chi connectivity index (χ4v) is 3.56. The number of nitrogens with zero attached hydrogens (tertiary/aromatic N) is 3. The van der Waals surface area contributed by atoms with Gasteiger partial charge in [-0.2, -0.15) is 5.10 Å². The molecule has 3 heterocycles. The summed E-state index contributed by atoms with van der Waals surface area (Å²) in [4.78, 5) is 17.2. The number of hydrogen-bond acceptors (Lipinski definition) is 3. The second-order valence-electron chi connectivity index (χ2n) is 7.21. The minimum atomic E-state index is -0.186. The lowest BCUT2D eigenvalue weighted by atomic mass is 10.1. The maximum atomic E-state index is 12.5. The van der Waals surface area contributed by atoms with Crippen molar-refractivity contribution in [3.05, 3.63) is 53.7 Å². The Morgan fingerprint density at radius 2 is 2.15 bits per heavy atom. The fourth-order valence-electron chi connectivity index (χ4n) is 3.56.